The van der Waals surface area contributed by atoms with Crippen LogP contribution in [0.15, 0.2) is 52.9 Å². The number of nitriles is 1. The third kappa shape index (κ3) is 6.46. The second-order valence-electron chi connectivity index (χ2n) is 10.5. The van der Waals surface area contributed by atoms with E-state index in [1.165, 1.54) is 25.2 Å². The van der Waals surface area contributed by atoms with Crippen LogP contribution < -0.4 is 5.32 Å². The Kier molecular flexibility index (Phi) is 8.02. The molecule has 2 aromatic heterocycles. The largest absolute Gasteiger partial charge is 0.437 e. The monoisotopic (exact) mass is 565 g/mol. The maximum Gasteiger partial charge on any atom is 0.389 e. The van der Waals surface area contributed by atoms with Crippen molar-refractivity contribution in [3.63, 3.8) is 0 Å². The third-order valence-corrected chi connectivity index (χ3v) is 6.66. The lowest BCUT2D eigenvalue weighted by molar-refractivity contribution is -0.134. The molecule has 2 aromatic carbocycles. The molecule has 0 fully saturated rings. The van der Waals surface area contributed by atoms with Gasteiger partial charge in [0.25, 0.3) is 5.91 Å². The number of hydrogen-bond acceptors (Lipinski definition) is 5. The summed E-state index contributed by atoms with van der Waals surface area (Å²) in [6.45, 7) is 5.07. The molecule has 4 aromatic rings. The maximum atomic E-state index is 15.3. The van der Waals surface area contributed by atoms with Gasteiger partial charge in [-0.1, -0.05) is 29.8 Å². The molecule has 1 amide bonds. The highest BCUT2D eigenvalue weighted by Gasteiger charge is 2.30. The summed E-state index contributed by atoms with van der Waals surface area (Å²) in [5, 5.41) is 12.0. The minimum atomic E-state index is -4.52. The van der Waals surface area contributed by atoms with Crippen molar-refractivity contribution in [2.75, 3.05) is 7.05 Å². The Morgan fingerprint density at radius 3 is 2.34 bits per heavy atom. The van der Waals surface area contributed by atoms with Gasteiger partial charge >= 0.3 is 6.18 Å². The molecule has 2 heterocycles. The second kappa shape index (κ2) is 11.2. The number of ketones is 1. The number of aryl methyl sites for hydroxylation is 2. The number of halogens is 4. The van der Waals surface area contributed by atoms with E-state index in [4.69, 9.17) is 4.42 Å². The van der Waals surface area contributed by atoms with Crippen LogP contribution in [0.2, 0.25) is 0 Å². The minimum absolute atomic E-state index is 0.00477. The van der Waals surface area contributed by atoms with E-state index in [1.54, 1.807) is 26.0 Å². The summed E-state index contributed by atoms with van der Waals surface area (Å²) in [6.07, 6.45) is -6.49. The molecule has 1 N–H and O–H groups in total. The molecule has 0 aliphatic rings. The zero-order valence-electron chi connectivity index (χ0n) is 22.9. The van der Waals surface area contributed by atoms with Crippen molar-refractivity contribution in [3.05, 3.63) is 76.7 Å². The number of alkyl halides is 3. The van der Waals surface area contributed by atoms with E-state index in [1.807, 2.05) is 25.1 Å². The van der Waals surface area contributed by atoms with Crippen molar-refractivity contribution in [2.45, 2.75) is 46.2 Å². The first-order valence-electron chi connectivity index (χ1n) is 12.8. The molecule has 6 nitrogen and oxygen atoms in total. The minimum Gasteiger partial charge on any atom is -0.437 e. The highest BCUT2D eigenvalue weighted by molar-refractivity contribution is 6.11. The number of benzene rings is 2. The van der Waals surface area contributed by atoms with Gasteiger partial charge in [0, 0.05) is 42.1 Å². The van der Waals surface area contributed by atoms with E-state index in [9.17, 15) is 28.0 Å². The number of hydrogen-bond donors (Lipinski definition) is 1. The number of carbonyl (C=O) groups is 2. The fraction of sp³-hybridized carbons (Fsp3) is 0.290. The molecule has 0 spiro atoms. The Morgan fingerprint density at radius 1 is 1.05 bits per heavy atom. The normalized spacial score (nSPS) is 11.9. The molecule has 0 atom stereocenters. The number of nitrogens with one attached hydrogen (secondary N) is 1. The number of aromatic nitrogens is 1. The number of amides is 1. The molecule has 41 heavy (non-hydrogen) atoms. The Hall–Kier alpha value is -4.52. The molecule has 0 aliphatic heterocycles. The summed E-state index contributed by atoms with van der Waals surface area (Å²) in [4.78, 5) is 30.3. The Morgan fingerprint density at radius 2 is 1.73 bits per heavy atom. The maximum absolute atomic E-state index is 15.3. The van der Waals surface area contributed by atoms with Gasteiger partial charge in [0.05, 0.1) is 28.1 Å². The summed E-state index contributed by atoms with van der Waals surface area (Å²) >= 11 is 0. The average molecular weight is 566 g/mol. The molecular formula is C31H27F4N3O3. The SMILES string of the molecule is CNC(=O)c1c(-c2ccc(C)cc2)oc2nc(CCC(F)(F)F)c(-c3cc(C(=O)CC(C)(C)C#N)ccc3F)cc12. The number of Topliss-reactive ketones (excluding diaryl/α,β-unsaturated/α-hetero) is 1. The van der Waals surface area contributed by atoms with Gasteiger partial charge in [-0.2, -0.15) is 18.4 Å². The molecule has 0 bridgehead atoms. The van der Waals surface area contributed by atoms with Crippen LogP contribution in [0.4, 0.5) is 17.6 Å². The zero-order valence-corrected chi connectivity index (χ0v) is 22.9. The Labute approximate surface area is 234 Å². The van der Waals surface area contributed by atoms with Gasteiger partial charge in [-0.3, -0.25) is 9.59 Å². The van der Waals surface area contributed by atoms with E-state index < -0.39 is 41.9 Å². The summed E-state index contributed by atoms with van der Waals surface area (Å²) in [5.74, 6) is -1.59. The van der Waals surface area contributed by atoms with Gasteiger partial charge in [0.1, 0.15) is 11.6 Å². The first kappa shape index (κ1) is 29.5. The zero-order chi connectivity index (χ0) is 30.1. The molecule has 0 radical (unpaired) electrons. The number of furan rings is 1. The van der Waals surface area contributed by atoms with Crippen molar-refractivity contribution in [1.82, 2.24) is 10.3 Å². The topological polar surface area (TPSA) is 96.0 Å². The summed E-state index contributed by atoms with van der Waals surface area (Å²) in [5.41, 5.74) is 0.361. The lowest BCUT2D eigenvalue weighted by Gasteiger charge is -2.15. The molecule has 0 saturated carbocycles. The number of fused-ring (bicyclic) bond motifs is 1. The molecule has 0 unspecified atom stereocenters. The molecule has 4 rings (SSSR count). The fourth-order valence-corrected chi connectivity index (χ4v) is 4.45. The highest BCUT2D eigenvalue weighted by Crippen LogP contribution is 2.38. The van der Waals surface area contributed by atoms with Crippen molar-refractivity contribution in [1.29, 1.82) is 5.26 Å². The molecule has 212 valence electrons. The predicted octanol–water partition coefficient (Wildman–Crippen LogP) is 7.59. The standard InChI is InChI=1S/C31H27F4N3O3/c1-17-5-7-18(8-6-17)27-26(28(40)37-4)22-14-21(24(38-29(22)41-27)11-12-31(33,34)35)20-13-19(9-10-23(20)32)25(39)15-30(2,3)16-36/h5-10,13-14H,11-12,15H2,1-4H3,(H,37,40). The van der Waals surface area contributed by atoms with Gasteiger partial charge in [-0.05, 0) is 51.5 Å². The third-order valence-electron chi connectivity index (χ3n) is 6.66. The van der Waals surface area contributed by atoms with Crippen molar-refractivity contribution < 1.29 is 31.6 Å². The quantitative estimate of drug-likeness (QED) is 0.175. The summed E-state index contributed by atoms with van der Waals surface area (Å²) < 4.78 is 61.0. The number of nitrogens with zero attached hydrogens (tertiary/aromatic N) is 2. The predicted molar refractivity (Wildman–Crippen MR) is 146 cm³/mol. The second-order valence-corrected chi connectivity index (χ2v) is 10.5. The van der Waals surface area contributed by atoms with Crippen LogP contribution in [-0.4, -0.2) is 29.9 Å². The first-order valence-corrected chi connectivity index (χ1v) is 12.8. The highest BCUT2D eigenvalue weighted by atomic mass is 19.4. The smallest absolute Gasteiger partial charge is 0.389 e. The molecule has 10 heteroatoms. The molecule has 0 aliphatic carbocycles. The van der Waals surface area contributed by atoms with Gasteiger partial charge < -0.3 is 9.73 Å². The van der Waals surface area contributed by atoms with Crippen LogP contribution in [0, 0.1) is 29.5 Å². The number of rotatable bonds is 8. The first-order chi connectivity index (χ1) is 19.2. The average Bonchev–Trinajstić information content (AvgIpc) is 3.29. The van der Waals surface area contributed by atoms with E-state index in [0.717, 1.165) is 11.6 Å². The fourth-order valence-electron chi connectivity index (χ4n) is 4.45. The van der Waals surface area contributed by atoms with E-state index in [-0.39, 0.29) is 51.2 Å². The van der Waals surface area contributed by atoms with Crippen LogP contribution in [0.5, 0.6) is 0 Å². The van der Waals surface area contributed by atoms with E-state index in [0.29, 0.717) is 5.56 Å². The van der Waals surface area contributed by atoms with E-state index >= 15 is 4.39 Å². The lowest BCUT2D eigenvalue weighted by Crippen LogP contribution is -2.18. The molecular weight excluding hydrogens is 538 g/mol. The van der Waals surface area contributed by atoms with Crippen molar-refractivity contribution in [3.8, 4) is 28.5 Å². The van der Waals surface area contributed by atoms with Gasteiger partial charge in [0.2, 0.25) is 5.71 Å². The van der Waals surface area contributed by atoms with Crippen LogP contribution in [0.25, 0.3) is 33.6 Å². The number of pyridine rings is 1. The van der Waals surface area contributed by atoms with Crippen LogP contribution in [-0.2, 0) is 6.42 Å². The van der Waals surface area contributed by atoms with Crippen LogP contribution in [0.3, 0.4) is 0 Å². The summed E-state index contributed by atoms with van der Waals surface area (Å²) in [6, 6.07) is 14.1. The van der Waals surface area contributed by atoms with Crippen LogP contribution in [0.1, 0.15) is 58.7 Å². The molecule has 0 saturated heterocycles. The number of carbonyl (C=O) groups excluding carboxylic acids is 2. The van der Waals surface area contributed by atoms with Gasteiger partial charge in [-0.25, -0.2) is 9.37 Å². The summed E-state index contributed by atoms with van der Waals surface area (Å²) in [7, 11) is 1.42. The van der Waals surface area contributed by atoms with Gasteiger partial charge in [0.15, 0.2) is 5.78 Å². The van der Waals surface area contributed by atoms with E-state index in [2.05, 4.69) is 10.3 Å². The van der Waals surface area contributed by atoms with Crippen LogP contribution >= 0.6 is 0 Å². The van der Waals surface area contributed by atoms with Crippen molar-refractivity contribution >= 4 is 22.8 Å². The van der Waals surface area contributed by atoms with Crippen molar-refractivity contribution in [2.24, 2.45) is 5.41 Å². The Bertz CT molecular complexity index is 1680. The lowest BCUT2D eigenvalue weighted by atomic mass is 9.86. The van der Waals surface area contributed by atoms with Gasteiger partial charge in [-0.15, -0.1) is 0 Å². The Balaban J connectivity index is 1.97.